The molecule has 0 bridgehead atoms. The molecule has 0 amide bonds. The van der Waals surface area contributed by atoms with Crippen molar-refractivity contribution in [3.8, 4) is 6.07 Å². The van der Waals surface area contributed by atoms with E-state index >= 15 is 0 Å². The molecule has 0 fully saturated rings. The average molecular weight is 353 g/mol. The number of H-pyrrole nitrogens is 1. The monoisotopic (exact) mass is 353 g/mol. The standard InChI is InChI=1S/C12H8IN3O2/c13-10-6-15-12(18)16(11(10)17)7-9-3-1-2-8(4-9)5-14/h1-4,6H,7H2,(H,15,18). The highest BCUT2D eigenvalue weighted by Gasteiger charge is 2.06. The number of nitrogens with one attached hydrogen (secondary N) is 1. The van der Waals surface area contributed by atoms with Crippen molar-refractivity contribution in [2.45, 2.75) is 6.54 Å². The number of hydrogen-bond acceptors (Lipinski definition) is 3. The van der Waals surface area contributed by atoms with Crippen molar-refractivity contribution in [3.05, 3.63) is 66.0 Å². The van der Waals surface area contributed by atoms with Crippen LogP contribution in [-0.4, -0.2) is 9.55 Å². The van der Waals surface area contributed by atoms with E-state index in [1.54, 1.807) is 24.3 Å². The summed E-state index contributed by atoms with van der Waals surface area (Å²) in [6.07, 6.45) is 1.38. The van der Waals surface area contributed by atoms with Gasteiger partial charge < -0.3 is 4.98 Å². The zero-order valence-electron chi connectivity index (χ0n) is 9.18. The average Bonchev–Trinajstić information content (AvgIpc) is 2.39. The SMILES string of the molecule is N#Cc1cccc(Cn2c(=O)[nH]cc(I)c2=O)c1. The molecule has 6 heteroatoms. The highest BCUT2D eigenvalue weighted by Crippen LogP contribution is 2.04. The Kier molecular flexibility index (Phi) is 3.62. The third-order valence-corrected chi connectivity index (χ3v) is 3.19. The van der Waals surface area contributed by atoms with Crippen molar-refractivity contribution < 1.29 is 0 Å². The Balaban J connectivity index is 2.47. The summed E-state index contributed by atoms with van der Waals surface area (Å²) in [4.78, 5) is 25.9. The second kappa shape index (κ2) is 5.18. The third kappa shape index (κ3) is 2.51. The molecule has 0 radical (unpaired) electrons. The molecule has 0 aliphatic rings. The molecule has 0 saturated carbocycles. The maximum Gasteiger partial charge on any atom is 0.328 e. The van der Waals surface area contributed by atoms with Crippen molar-refractivity contribution in [2.24, 2.45) is 0 Å². The second-order valence-corrected chi connectivity index (χ2v) is 4.81. The molecule has 5 nitrogen and oxygen atoms in total. The fourth-order valence-corrected chi connectivity index (χ4v) is 2.00. The highest BCUT2D eigenvalue weighted by atomic mass is 127. The molecule has 2 aromatic rings. The molecule has 0 aliphatic carbocycles. The molecule has 0 atom stereocenters. The van der Waals surface area contributed by atoms with Crippen LogP contribution in [-0.2, 0) is 6.54 Å². The smallest absolute Gasteiger partial charge is 0.313 e. The Hall–Kier alpha value is -1.88. The van der Waals surface area contributed by atoms with E-state index in [9.17, 15) is 9.59 Å². The third-order valence-electron chi connectivity index (χ3n) is 2.41. The Labute approximate surface area is 116 Å². The predicted molar refractivity (Wildman–Crippen MR) is 74.3 cm³/mol. The van der Waals surface area contributed by atoms with Crippen LogP contribution in [0.3, 0.4) is 0 Å². The zero-order chi connectivity index (χ0) is 13.1. The maximum atomic E-state index is 11.8. The first-order valence-corrected chi connectivity index (χ1v) is 6.17. The fraction of sp³-hybridized carbons (Fsp3) is 0.0833. The number of benzene rings is 1. The van der Waals surface area contributed by atoms with Crippen molar-refractivity contribution in [3.63, 3.8) is 0 Å². The van der Waals surface area contributed by atoms with Gasteiger partial charge in [0.05, 0.1) is 21.7 Å². The predicted octanol–water partition coefficient (Wildman–Crippen LogP) is 1.06. The normalized spacial score (nSPS) is 10.0. The molecule has 0 unspecified atom stereocenters. The van der Waals surface area contributed by atoms with Gasteiger partial charge in [0.1, 0.15) is 0 Å². The number of nitriles is 1. The summed E-state index contributed by atoms with van der Waals surface area (Å²) in [6.45, 7) is 0.153. The minimum Gasteiger partial charge on any atom is -0.313 e. The van der Waals surface area contributed by atoms with E-state index in [2.05, 4.69) is 4.98 Å². The van der Waals surface area contributed by atoms with Crippen molar-refractivity contribution in [1.82, 2.24) is 9.55 Å². The van der Waals surface area contributed by atoms with Gasteiger partial charge >= 0.3 is 5.69 Å². The molecule has 0 aliphatic heterocycles. The molecular formula is C12H8IN3O2. The Morgan fingerprint density at radius 2 is 2.17 bits per heavy atom. The summed E-state index contributed by atoms with van der Waals surface area (Å²) in [5.41, 5.74) is 0.454. The van der Waals surface area contributed by atoms with Gasteiger partial charge in [-0.15, -0.1) is 0 Å². The molecule has 90 valence electrons. The summed E-state index contributed by atoms with van der Waals surface area (Å²) in [5.74, 6) is 0. The minimum absolute atomic E-state index is 0.153. The van der Waals surface area contributed by atoms with Gasteiger partial charge in [-0.05, 0) is 40.3 Å². The van der Waals surface area contributed by atoms with E-state index in [4.69, 9.17) is 5.26 Å². The van der Waals surface area contributed by atoms with Crippen molar-refractivity contribution in [1.29, 1.82) is 5.26 Å². The van der Waals surface area contributed by atoms with E-state index in [-0.39, 0.29) is 12.1 Å². The lowest BCUT2D eigenvalue weighted by atomic mass is 10.1. The molecule has 1 aromatic heterocycles. The molecule has 0 saturated heterocycles. The summed E-state index contributed by atoms with van der Waals surface area (Å²) in [5, 5.41) is 8.79. The lowest BCUT2D eigenvalue weighted by Gasteiger charge is -2.05. The van der Waals surface area contributed by atoms with Crippen LogP contribution in [0.5, 0.6) is 0 Å². The van der Waals surface area contributed by atoms with Gasteiger partial charge in [-0.3, -0.25) is 9.36 Å². The second-order valence-electron chi connectivity index (χ2n) is 3.65. The lowest BCUT2D eigenvalue weighted by molar-refractivity contribution is 0.693. The first kappa shape index (κ1) is 12.6. The van der Waals surface area contributed by atoms with E-state index in [1.165, 1.54) is 6.20 Å². The first-order valence-electron chi connectivity index (χ1n) is 5.09. The number of rotatable bonds is 2. The quantitative estimate of drug-likeness (QED) is 0.821. The number of hydrogen-bond donors (Lipinski definition) is 1. The molecule has 1 aromatic carbocycles. The minimum atomic E-state index is -0.456. The molecule has 1 heterocycles. The van der Waals surface area contributed by atoms with Crippen molar-refractivity contribution >= 4 is 22.6 Å². The largest absolute Gasteiger partial charge is 0.328 e. The van der Waals surface area contributed by atoms with Gasteiger partial charge in [-0.1, -0.05) is 12.1 Å². The number of nitrogens with zero attached hydrogens (tertiary/aromatic N) is 2. The van der Waals surface area contributed by atoms with Gasteiger partial charge in [0, 0.05) is 6.20 Å². The summed E-state index contributed by atoms with van der Waals surface area (Å²) < 4.78 is 1.56. The van der Waals surface area contributed by atoms with E-state index < -0.39 is 5.69 Å². The van der Waals surface area contributed by atoms with Crippen molar-refractivity contribution in [2.75, 3.05) is 0 Å². The Morgan fingerprint density at radius 3 is 2.89 bits per heavy atom. The van der Waals surface area contributed by atoms with Crippen LogP contribution in [0, 0.1) is 14.9 Å². The van der Waals surface area contributed by atoms with Crippen LogP contribution in [0.4, 0.5) is 0 Å². The van der Waals surface area contributed by atoms with Crippen LogP contribution in [0.2, 0.25) is 0 Å². The topological polar surface area (TPSA) is 78.7 Å². The first-order chi connectivity index (χ1) is 8.61. The molecule has 0 spiro atoms. The molecular weight excluding hydrogens is 345 g/mol. The molecule has 18 heavy (non-hydrogen) atoms. The van der Waals surface area contributed by atoms with E-state index in [0.29, 0.717) is 9.13 Å². The van der Waals surface area contributed by atoms with Gasteiger partial charge in [-0.2, -0.15) is 5.26 Å². The highest BCUT2D eigenvalue weighted by molar-refractivity contribution is 14.1. The fourth-order valence-electron chi connectivity index (χ4n) is 1.55. The van der Waals surface area contributed by atoms with Crippen LogP contribution in [0.15, 0.2) is 40.1 Å². The summed E-state index contributed by atoms with van der Waals surface area (Å²) >= 11 is 1.87. The molecule has 2 rings (SSSR count). The summed E-state index contributed by atoms with van der Waals surface area (Å²) in [7, 11) is 0. The molecule has 1 N–H and O–H groups in total. The number of aromatic amines is 1. The van der Waals surface area contributed by atoms with Crippen LogP contribution >= 0.6 is 22.6 Å². The van der Waals surface area contributed by atoms with Gasteiger partial charge in [0.25, 0.3) is 5.56 Å². The maximum absolute atomic E-state index is 11.8. The van der Waals surface area contributed by atoms with E-state index in [1.807, 2.05) is 28.7 Å². The van der Waals surface area contributed by atoms with Crippen LogP contribution in [0.1, 0.15) is 11.1 Å². The van der Waals surface area contributed by atoms with Gasteiger partial charge in [0.15, 0.2) is 0 Å². The number of aromatic nitrogens is 2. The Morgan fingerprint density at radius 1 is 1.39 bits per heavy atom. The number of halogens is 1. The van der Waals surface area contributed by atoms with Crippen LogP contribution < -0.4 is 11.2 Å². The van der Waals surface area contributed by atoms with E-state index in [0.717, 1.165) is 10.1 Å². The van der Waals surface area contributed by atoms with Gasteiger partial charge in [0.2, 0.25) is 0 Å². The van der Waals surface area contributed by atoms with Gasteiger partial charge in [-0.25, -0.2) is 4.79 Å². The zero-order valence-corrected chi connectivity index (χ0v) is 11.3. The van der Waals surface area contributed by atoms with Crippen LogP contribution in [0.25, 0.3) is 0 Å². The summed E-state index contributed by atoms with van der Waals surface area (Å²) in [6, 6.07) is 8.84. The Bertz CT molecular complexity index is 740. The lowest BCUT2D eigenvalue weighted by Crippen LogP contribution is -2.36.